The van der Waals surface area contributed by atoms with Gasteiger partial charge in [-0.15, -0.1) is 0 Å². The normalized spacial score (nSPS) is 12.9. The third-order valence-electron chi connectivity index (χ3n) is 4.62. The van der Waals surface area contributed by atoms with Crippen LogP contribution in [0.1, 0.15) is 21.5 Å². The Morgan fingerprint density at radius 1 is 1.23 bits per heavy atom. The van der Waals surface area contributed by atoms with Gasteiger partial charge in [0.15, 0.2) is 0 Å². The molecule has 26 heavy (non-hydrogen) atoms. The molecule has 0 radical (unpaired) electrons. The van der Waals surface area contributed by atoms with E-state index in [4.69, 9.17) is 11.6 Å². The number of anilines is 2. The molecule has 6 heteroatoms. The molecule has 2 aromatic carbocycles. The number of amides is 1. The van der Waals surface area contributed by atoms with Gasteiger partial charge in [0, 0.05) is 36.1 Å². The van der Waals surface area contributed by atoms with Gasteiger partial charge in [-0.1, -0.05) is 23.7 Å². The SMILES string of the molecule is CN1CCc2cc(C(=O)Nc3cnn(Cc4ccc(Cl)cc4)c3)ccc21. The first-order valence-corrected chi connectivity index (χ1v) is 8.88. The molecule has 0 atom stereocenters. The van der Waals surface area contributed by atoms with Crippen molar-refractivity contribution < 1.29 is 4.79 Å². The minimum Gasteiger partial charge on any atom is -0.374 e. The molecule has 0 saturated carbocycles. The van der Waals surface area contributed by atoms with Gasteiger partial charge < -0.3 is 10.2 Å². The van der Waals surface area contributed by atoms with Crippen LogP contribution in [-0.2, 0) is 13.0 Å². The van der Waals surface area contributed by atoms with Gasteiger partial charge in [-0.3, -0.25) is 9.48 Å². The van der Waals surface area contributed by atoms with E-state index in [-0.39, 0.29) is 5.91 Å². The number of carbonyl (C=O) groups excluding carboxylic acids is 1. The lowest BCUT2D eigenvalue weighted by molar-refractivity contribution is 0.102. The van der Waals surface area contributed by atoms with Gasteiger partial charge in [0.2, 0.25) is 0 Å². The standard InChI is InChI=1S/C20H19ClN4O/c1-24-9-8-15-10-16(4-7-19(15)24)20(26)23-18-11-22-25(13-18)12-14-2-5-17(21)6-3-14/h2-7,10-11,13H,8-9,12H2,1H3,(H,23,26). The Morgan fingerprint density at radius 2 is 2.04 bits per heavy atom. The second-order valence-electron chi connectivity index (χ2n) is 6.52. The summed E-state index contributed by atoms with van der Waals surface area (Å²) in [7, 11) is 2.07. The fourth-order valence-corrected chi connectivity index (χ4v) is 3.33. The molecule has 1 aliphatic rings. The third kappa shape index (κ3) is 3.44. The summed E-state index contributed by atoms with van der Waals surface area (Å²) < 4.78 is 1.79. The first-order chi connectivity index (χ1) is 12.6. The van der Waals surface area contributed by atoms with Crippen molar-refractivity contribution in [2.24, 2.45) is 0 Å². The molecule has 1 aliphatic heterocycles. The lowest BCUT2D eigenvalue weighted by atomic mass is 10.1. The van der Waals surface area contributed by atoms with E-state index in [1.54, 1.807) is 10.9 Å². The fraction of sp³-hybridized carbons (Fsp3) is 0.200. The van der Waals surface area contributed by atoms with Crippen LogP contribution in [-0.4, -0.2) is 29.3 Å². The summed E-state index contributed by atoms with van der Waals surface area (Å²) in [4.78, 5) is 14.7. The van der Waals surface area contributed by atoms with Crippen LogP contribution in [0.5, 0.6) is 0 Å². The quantitative estimate of drug-likeness (QED) is 0.763. The summed E-state index contributed by atoms with van der Waals surface area (Å²) in [6, 6.07) is 13.5. The van der Waals surface area contributed by atoms with E-state index in [0.717, 1.165) is 18.5 Å². The molecule has 0 saturated heterocycles. The summed E-state index contributed by atoms with van der Waals surface area (Å²) >= 11 is 5.90. The van der Waals surface area contributed by atoms with Crippen molar-refractivity contribution in [2.45, 2.75) is 13.0 Å². The molecular weight excluding hydrogens is 348 g/mol. The smallest absolute Gasteiger partial charge is 0.255 e. The summed E-state index contributed by atoms with van der Waals surface area (Å²) in [5.74, 6) is -0.117. The second-order valence-corrected chi connectivity index (χ2v) is 6.96. The monoisotopic (exact) mass is 366 g/mol. The minimum absolute atomic E-state index is 0.117. The Labute approximate surface area is 157 Å². The molecule has 1 aromatic heterocycles. The maximum atomic E-state index is 12.5. The van der Waals surface area contributed by atoms with E-state index < -0.39 is 0 Å². The van der Waals surface area contributed by atoms with Gasteiger partial charge in [-0.25, -0.2) is 0 Å². The van der Waals surface area contributed by atoms with E-state index in [1.807, 2.05) is 48.7 Å². The van der Waals surface area contributed by atoms with Crippen molar-refractivity contribution in [3.63, 3.8) is 0 Å². The maximum Gasteiger partial charge on any atom is 0.255 e. The topological polar surface area (TPSA) is 50.2 Å². The highest BCUT2D eigenvalue weighted by Gasteiger charge is 2.17. The molecule has 132 valence electrons. The lowest BCUT2D eigenvalue weighted by Crippen LogP contribution is -2.13. The minimum atomic E-state index is -0.117. The predicted molar refractivity (Wildman–Crippen MR) is 104 cm³/mol. The molecule has 1 N–H and O–H groups in total. The van der Waals surface area contributed by atoms with E-state index in [1.165, 1.54) is 11.3 Å². The Kier molecular flexibility index (Phi) is 4.39. The zero-order valence-corrected chi connectivity index (χ0v) is 15.2. The summed E-state index contributed by atoms with van der Waals surface area (Å²) in [5.41, 5.74) is 4.88. The van der Waals surface area contributed by atoms with Crippen molar-refractivity contribution in [1.82, 2.24) is 9.78 Å². The summed E-state index contributed by atoms with van der Waals surface area (Å²) in [6.07, 6.45) is 4.47. The molecule has 1 amide bonds. The van der Waals surface area contributed by atoms with Crippen LogP contribution < -0.4 is 10.2 Å². The number of carbonyl (C=O) groups is 1. The average Bonchev–Trinajstić information content (AvgIpc) is 3.23. The van der Waals surface area contributed by atoms with Gasteiger partial charge in [-0.2, -0.15) is 5.10 Å². The molecule has 2 heterocycles. The van der Waals surface area contributed by atoms with Gasteiger partial charge in [0.1, 0.15) is 0 Å². The molecule has 3 aromatic rings. The largest absolute Gasteiger partial charge is 0.374 e. The van der Waals surface area contributed by atoms with Crippen molar-refractivity contribution >= 4 is 28.9 Å². The first kappa shape index (κ1) is 16.7. The Balaban J connectivity index is 1.44. The van der Waals surface area contributed by atoms with Crippen LogP contribution in [0.2, 0.25) is 5.02 Å². The Hall–Kier alpha value is -2.79. The highest BCUT2D eigenvalue weighted by atomic mass is 35.5. The fourth-order valence-electron chi connectivity index (χ4n) is 3.20. The van der Waals surface area contributed by atoms with Crippen molar-refractivity contribution in [1.29, 1.82) is 0 Å². The molecule has 0 spiro atoms. The highest BCUT2D eigenvalue weighted by molar-refractivity contribution is 6.30. The Bertz CT molecular complexity index is 949. The summed E-state index contributed by atoms with van der Waals surface area (Å²) in [6.45, 7) is 1.62. The first-order valence-electron chi connectivity index (χ1n) is 8.51. The molecule has 0 fully saturated rings. The average molecular weight is 367 g/mol. The number of hydrogen-bond acceptors (Lipinski definition) is 3. The number of likely N-dealkylation sites (N-methyl/N-ethyl adjacent to an activating group) is 1. The van der Waals surface area contributed by atoms with E-state index in [2.05, 4.69) is 22.4 Å². The lowest BCUT2D eigenvalue weighted by Gasteiger charge is -2.12. The predicted octanol–water partition coefficient (Wildman–Crippen LogP) is 3.83. The van der Waals surface area contributed by atoms with Gasteiger partial charge in [-0.05, 0) is 47.9 Å². The molecule has 0 aliphatic carbocycles. The van der Waals surface area contributed by atoms with Crippen LogP contribution >= 0.6 is 11.6 Å². The van der Waals surface area contributed by atoms with Crippen LogP contribution in [0.4, 0.5) is 11.4 Å². The van der Waals surface area contributed by atoms with Gasteiger partial charge in [0.25, 0.3) is 5.91 Å². The third-order valence-corrected chi connectivity index (χ3v) is 4.87. The van der Waals surface area contributed by atoms with E-state index in [0.29, 0.717) is 22.8 Å². The molecule has 0 unspecified atom stereocenters. The van der Waals surface area contributed by atoms with Crippen molar-refractivity contribution in [3.8, 4) is 0 Å². The van der Waals surface area contributed by atoms with Crippen LogP contribution in [0.25, 0.3) is 0 Å². The number of nitrogens with zero attached hydrogens (tertiary/aromatic N) is 3. The van der Waals surface area contributed by atoms with Gasteiger partial charge in [0.05, 0.1) is 18.4 Å². The molecule has 0 bridgehead atoms. The van der Waals surface area contributed by atoms with Crippen LogP contribution in [0, 0.1) is 0 Å². The second kappa shape index (κ2) is 6.84. The number of aromatic nitrogens is 2. The molecule has 4 rings (SSSR count). The molecular formula is C20H19ClN4O. The van der Waals surface area contributed by atoms with Crippen molar-refractivity contribution in [3.05, 3.63) is 76.6 Å². The Morgan fingerprint density at radius 3 is 2.85 bits per heavy atom. The van der Waals surface area contributed by atoms with E-state index >= 15 is 0 Å². The molecule has 5 nitrogen and oxygen atoms in total. The number of hydrogen-bond donors (Lipinski definition) is 1. The number of nitrogens with one attached hydrogen (secondary N) is 1. The van der Waals surface area contributed by atoms with E-state index in [9.17, 15) is 4.79 Å². The zero-order valence-electron chi connectivity index (χ0n) is 14.4. The zero-order chi connectivity index (χ0) is 18.1. The van der Waals surface area contributed by atoms with Crippen molar-refractivity contribution in [2.75, 3.05) is 23.8 Å². The van der Waals surface area contributed by atoms with Gasteiger partial charge >= 0.3 is 0 Å². The maximum absolute atomic E-state index is 12.5. The number of benzene rings is 2. The highest BCUT2D eigenvalue weighted by Crippen LogP contribution is 2.27. The van der Waals surface area contributed by atoms with Crippen LogP contribution in [0.15, 0.2) is 54.9 Å². The number of rotatable bonds is 4. The summed E-state index contributed by atoms with van der Waals surface area (Å²) in [5, 5.41) is 7.94. The number of halogens is 1. The number of fused-ring (bicyclic) bond motifs is 1. The van der Waals surface area contributed by atoms with Crippen LogP contribution in [0.3, 0.4) is 0 Å².